The van der Waals surface area contributed by atoms with Crippen molar-refractivity contribution >= 4 is 27.5 Å². The summed E-state index contributed by atoms with van der Waals surface area (Å²) in [5.41, 5.74) is 1.30. The van der Waals surface area contributed by atoms with Crippen LogP contribution in [0.2, 0.25) is 5.02 Å². The predicted octanol–water partition coefficient (Wildman–Crippen LogP) is 4.47. The molecule has 5 heteroatoms. The first-order valence-electron chi connectivity index (χ1n) is 5.10. The summed E-state index contributed by atoms with van der Waals surface area (Å²) in [6.45, 7) is 1.92. The molecule has 0 amide bonds. The third-order valence-corrected chi connectivity index (χ3v) is 3.19. The molecule has 0 unspecified atom stereocenters. The van der Waals surface area contributed by atoms with Gasteiger partial charge in [0.15, 0.2) is 0 Å². The summed E-state index contributed by atoms with van der Waals surface area (Å²) in [5.74, 6) is 0.880. The minimum absolute atomic E-state index is 0.222. The molecule has 3 nitrogen and oxygen atoms in total. The highest BCUT2D eigenvalue weighted by Crippen LogP contribution is 2.32. The van der Waals surface area contributed by atoms with Crippen molar-refractivity contribution in [3.05, 3.63) is 51.1 Å². The van der Waals surface area contributed by atoms with E-state index in [2.05, 4.69) is 20.9 Å². The van der Waals surface area contributed by atoms with E-state index in [0.717, 1.165) is 10.0 Å². The molecule has 0 spiro atoms. The number of aryl methyl sites for hydroxylation is 1. The highest BCUT2D eigenvalue weighted by atomic mass is 79.9. The maximum Gasteiger partial charge on any atom is 0.239 e. The average Bonchev–Trinajstić information content (AvgIpc) is 2.36. The van der Waals surface area contributed by atoms with Gasteiger partial charge in [-0.2, -0.15) is 5.26 Å². The molecule has 0 aliphatic heterocycles. The molecule has 0 saturated carbocycles. The summed E-state index contributed by atoms with van der Waals surface area (Å²) in [7, 11) is 0. The maximum absolute atomic E-state index is 8.88. The van der Waals surface area contributed by atoms with Crippen molar-refractivity contribution in [3.8, 4) is 17.7 Å². The minimum atomic E-state index is 0.222. The minimum Gasteiger partial charge on any atom is -0.437 e. The lowest BCUT2D eigenvalue weighted by atomic mass is 10.2. The van der Waals surface area contributed by atoms with Crippen LogP contribution < -0.4 is 4.74 Å². The van der Waals surface area contributed by atoms with Crippen LogP contribution in [0.5, 0.6) is 11.6 Å². The zero-order valence-corrected chi connectivity index (χ0v) is 11.8. The van der Waals surface area contributed by atoms with Crippen LogP contribution in [0.15, 0.2) is 34.9 Å². The van der Waals surface area contributed by atoms with Gasteiger partial charge < -0.3 is 4.74 Å². The molecule has 1 aromatic carbocycles. The highest BCUT2D eigenvalue weighted by molar-refractivity contribution is 9.10. The van der Waals surface area contributed by atoms with Gasteiger partial charge >= 0.3 is 0 Å². The largest absolute Gasteiger partial charge is 0.437 e. The third-order valence-electron chi connectivity index (χ3n) is 2.33. The number of pyridine rings is 1. The van der Waals surface area contributed by atoms with E-state index in [4.69, 9.17) is 21.6 Å². The van der Waals surface area contributed by atoms with Gasteiger partial charge in [0, 0.05) is 10.7 Å². The van der Waals surface area contributed by atoms with E-state index in [-0.39, 0.29) is 10.9 Å². The number of hydrogen-bond acceptors (Lipinski definition) is 3. The van der Waals surface area contributed by atoms with Crippen LogP contribution >= 0.6 is 27.5 Å². The second kappa shape index (κ2) is 5.38. The van der Waals surface area contributed by atoms with Crippen LogP contribution in [0.25, 0.3) is 0 Å². The van der Waals surface area contributed by atoms with Crippen molar-refractivity contribution in [2.24, 2.45) is 0 Å². The SMILES string of the molecule is Cc1ccc(Br)cc1Oc1nccc(C#N)c1Cl. The Kier molecular flexibility index (Phi) is 3.85. The van der Waals surface area contributed by atoms with Crippen LogP contribution in [0.3, 0.4) is 0 Å². The summed E-state index contributed by atoms with van der Waals surface area (Å²) in [4.78, 5) is 4.03. The molecule has 18 heavy (non-hydrogen) atoms. The first kappa shape index (κ1) is 12.9. The molecule has 2 aromatic rings. The predicted molar refractivity (Wildman–Crippen MR) is 72.9 cm³/mol. The Labute approximate surface area is 118 Å². The molecule has 0 N–H and O–H groups in total. The molecule has 0 saturated heterocycles. The van der Waals surface area contributed by atoms with Crippen molar-refractivity contribution in [3.63, 3.8) is 0 Å². The number of hydrogen-bond donors (Lipinski definition) is 0. The molecule has 90 valence electrons. The van der Waals surface area contributed by atoms with Crippen LogP contribution in [0.1, 0.15) is 11.1 Å². The third kappa shape index (κ3) is 2.63. The number of rotatable bonds is 2. The van der Waals surface area contributed by atoms with Crippen LogP contribution in [-0.4, -0.2) is 4.98 Å². The van der Waals surface area contributed by atoms with E-state index in [9.17, 15) is 0 Å². The van der Waals surface area contributed by atoms with Crippen molar-refractivity contribution in [1.82, 2.24) is 4.98 Å². The van der Waals surface area contributed by atoms with Gasteiger partial charge in [0.05, 0.1) is 5.56 Å². The monoisotopic (exact) mass is 322 g/mol. The van der Waals surface area contributed by atoms with Gasteiger partial charge in [-0.25, -0.2) is 4.98 Å². The average molecular weight is 324 g/mol. The van der Waals surface area contributed by atoms with E-state index in [1.807, 2.05) is 31.2 Å². The lowest BCUT2D eigenvalue weighted by molar-refractivity contribution is 0.459. The zero-order chi connectivity index (χ0) is 13.1. The fourth-order valence-corrected chi connectivity index (χ4v) is 1.90. The quantitative estimate of drug-likeness (QED) is 0.819. The Hall–Kier alpha value is -1.57. The fourth-order valence-electron chi connectivity index (χ4n) is 1.37. The molecule has 1 aromatic heterocycles. The maximum atomic E-state index is 8.88. The van der Waals surface area contributed by atoms with E-state index in [0.29, 0.717) is 11.3 Å². The molecular weight excluding hydrogens is 316 g/mol. The van der Waals surface area contributed by atoms with Crippen molar-refractivity contribution in [2.45, 2.75) is 6.92 Å². The molecule has 0 atom stereocenters. The van der Waals surface area contributed by atoms with E-state index >= 15 is 0 Å². The number of halogens is 2. The number of ether oxygens (including phenoxy) is 1. The lowest BCUT2D eigenvalue weighted by Gasteiger charge is -2.09. The van der Waals surface area contributed by atoms with Crippen LogP contribution in [0.4, 0.5) is 0 Å². The standard InChI is InChI=1S/C13H8BrClN2O/c1-8-2-3-10(14)6-11(8)18-13-12(15)9(7-16)4-5-17-13/h2-6H,1H3. The number of benzene rings is 1. The fraction of sp³-hybridized carbons (Fsp3) is 0.0769. The molecule has 0 radical (unpaired) electrons. The smallest absolute Gasteiger partial charge is 0.239 e. The molecular formula is C13H8BrClN2O. The highest BCUT2D eigenvalue weighted by Gasteiger charge is 2.11. The number of nitriles is 1. The zero-order valence-electron chi connectivity index (χ0n) is 9.45. The van der Waals surface area contributed by atoms with Crippen molar-refractivity contribution in [1.29, 1.82) is 5.26 Å². The second-order valence-corrected chi connectivity index (χ2v) is 4.89. The van der Waals surface area contributed by atoms with Gasteiger partial charge in [-0.15, -0.1) is 0 Å². The summed E-state index contributed by atoms with van der Waals surface area (Å²) in [6.07, 6.45) is 1.49. The molecule has 0 aliphatic rings. The van der Waals surface area contributed by atoms with Crippen LogP contribution in [-0.2, 0) is 0 Å². The summed E-state index contributed by atoms with van der Waals surface area (Å²) >= 11 is 9.40. The molecule has 0 aliphatic carbocycles. The van der Waals surface area contributed by atoms with Crippen LogP contribution in [0, 0.1) is 18.3 Å². The Morgan fingerprint density at radius 2 is 2.17 bits per heavy atom. The van der Waals surface area contributed by atoms with Crippen molar-refractivity contribution in [2.75, 3.05) is 0 Å². The van der Waals surface area contributed by atoms with E-state index in [1.165, 1.54) is 6.20 Å². The second-order valence-electron chi connectivity index (χ2n) is 3.60. The van der Waals surface area contributed by atoms with Crippen molar-refractivity contribution < 1.29 is 4.74 Å². The Morgan fingerprint density at radius 1 is 1.39 bits per heavy atom. The van der Waals surface area contributed by atoms with Gasteiger partial charge in [0.1, 0.15) is 16.8 Å². The number of aromatic nitrogens is 1. The van der Waals surface area contributed by atoms with Gasteiger partial charge in [-0.3, -0.25) is 0 Å². The Morgan fingerprint density at radius 3 is 2.89 bits per heavy atom. The van der Waals surface area contributed by atoms with Gasteiger partial charge in [-0.05, 0) is 30.7 Å². The summed E-state index contributed by atoms with van der Waals surface area (Å²) in [5, 5.41) is 9.10. The molecule has 2 rings (SSSR count). The normalized spacial score (nSPS) is 9.89. The van der Waals surface area contributed by atoms with E-state index < -0.39 is 0 Å². The van der Waals surface area contributed by atoms with E-state index in [1.54, 1.807) is 6.07 Å². The van der Waals surface area contributed by atoms with Gasteiger partial charge in [0.2, 0.25) is 5.88 Å². The van der Waals surface area contributed by atoms with Gasteiger partial charge in [0.25, 0.3) is 0 Å². The molecule has 1 heterocycles. The summed E-state index contributed by atoms with van der Waals surface area (Å²) < 4.78 is 6.54. The summed E-state index contributed by atoms with van der Waals surface area (Å²) in [6, 6.07) is 9.19. The Bertz CT molecular complexity index is 637. The molecule has 0 bridgehead atoms. The Balaban J connectivity index is 2.41. The molecule has 0 fully saturated rings. The van der Waals surface area contributed by atoms with Gasteiger partial charge in [-0.1, -0.05) is 33.6 Å². The number of nitrogens with zero attached hydrogens (tertiary/aromatic N) is 2. The topological polar surface area (TPSA) is 45.9 Å². The lowest BCUT2D eigenvalue weighted by Crippen LogP contribution is -1.93. The first-order valence-corrected chi connectivity index (χ1v) is 6.27. The first-order chi connectivity index (χ1) is 8.61.